The van der Waals surface area contributed by atoms with E-state index in [1.165, 1.54) is 24.3 Å². The van der Waals surface area contributed by atoms with Crippen LogP contribution in [0.3, 0.4) is 0 Å². The fourth-order valence-corrected chi connectivity index (χ4v) is 4.03. The molecule has 7 nitrogen and oxygen atoms in total. The van der Waals surface area contributed by atoms with Crippen LogP contribution < -0.4 is 9.46 Å². The average molecular weight is 386 g/mol. The molecule has 0 unspecified atom stereocenters. The van der Waals surface area contributed by atoms with Gasteiger partial charge in [0.05, 0.1) is 11.4 Å². The lowest BCUT2D eigenvalue weighted by molar-refractivity contribution is 0.0819. The largest absolute Gasteiger partial charge is 0.488 e. The number of sulfonamides is 1. The molecule has 1 atom stereocenters. The lowest BCUT2D eigenvalue weighted by Crippen LogP contribution is -2.41. The number of rotatable bonds is 7. The number of hydrogen-bond acceptors (Lipinski definition) is 5. The van der Waals surface area contributed by atoms with Gasteiger partial charge >= 0.3 is 0 Å². The van der Waals surface area contributed by atoms with Crippen molar-refractivity contribution in [2.75, 3.05) is 6.61 Å². The van der Waals surface area contributed by atoms with Crippen molar-refractivity contribution >= 4 is 10.0 Å². The number of benzene rings is 1. The average Bonchev–Trinajstić information content (AvgIpc) is 3.02. The van der Waals surface area contributed by atoms with Gasteiger partial charge in [-0.15, -0.1) is 0 Å². The van der Waals surface area contributed by atoms with E-state index in [1.54, 1.807) is 4.68 Å². The number of nitrogens with zero attached hydrogens (tertiary/aromatic N) is 3. The first-order valence-corrected chi connectivity index (χ1v) is 9.81. The minimum absolute atomic E-state index is 0.0560. The SMILES string of the molecule is CCc1nc2n(n1)C[C@H](NS(=O)(=O)c1ccc(OCC(F)F)cc1)CC2. The third-order valence-electron chi connectivity index (χ3n) is 4.05. The molecular weight excluding hydrogens is 366 g/mol. The number of hydrogen-bond donors (Lipinski definition) is 1. The highest BCUT2D eigenvalue weighted by atomic mass is 32.2. The van der Waals surface area contributed by atoms with E-state index in [-0.39, 0.29) is 16.7 Å². The zero-order chi connectivity index (χ0) is 18.7. The summed E-state index contributed by atoms with van der Waals surface area (Å²) < 4.78 is 58.6. The van der Waals surface area contributed by atoms with Crippen LogP contribution in [0.15, 0.2) is 29.2 Å². The molecule has 0 fully saturated rings. The fourth-order valence-electron chi connectivity index (χ4n) is 2.77. The first-order chi connectivity index (χ1) is 12.4. The first kappa shape index (κ1) is 18.7. The quantitative estimate of drug-likeness (QED) is 0.784. The summed E-state index contributed by atoms with van der Waals surface area (Å²) in [5.41, 5.74) is 0. The van der Waals surface area contributed by atoms with Gasteiger partial charge in [-0.1, -0.05) is 6.92 Å². The molecule has 142 valence electrons. The summed E-state index contributed by atoms with van der Waals surface area (Å²) in [6, 6.07) is 5.11. The Kier molecular flexibility index (Phi) is 5.52. The van der Waals surface area contributed by atoms with Gasteiger partial charge in [0, 0.05) is 18.9 Å². The summed E-state index contributed by atoms with van der Waals surface area (Å²) in [6.45, 7) is 1.67. The molecule has 0 saturated heterocycles. The molecule has 1 aromatic carbocycles. The number of fused-ring (bicyclic) bond motifs is 1. The number of alkyl halides is 2. The summed E-state index contributed by atoms with van der Waals surface area (Å²) in [5.74, 6) is 1.82. The zero-order valence-corrected chi connectivity index (χ0v) is 15.0. The predicted molar refractivity (Wildman–Crippen MR) is 89.8 cm³/mol. The maximum atomic E-state index is 12.5. The number of aromatic nitrogens is 3. The van der Waals surface area contributed by atoms with E-state index >= 15 is 0 Å². The molecule has 2 heterocycles. The topological polar surface area (TPSA) is 86.1 Å². The Hall–Kier alpha value is -2.07. The Labute approximate surface area is 150 Å². The number of ether oxygens (including phenoxy) is 1. The molecular formula is C16H20F2N4O3S. The van der Waals surface area contributed by atoms with Crippen LogP contribution in [-0.4, -0.2) is 42.3 Å². The molecule has 0 radical (unpaired) electrons. The molecule has 0 bridgehead atoms. The highest BCUT2D eigenvalue weighted by Gasteiger charge is 2.26. The van der Waals surface area contributed by atoms with Gasteiger partial charge < -0.3 is 4.74 Å². The van der Waals surface area contributed by atoms with Crippen LogP contribution in [0.25, 0.3) is 0 Å². The normalized spacial score (nSPS) is 17.3. The Bertz CT molecular complexity index is 853. The predicted octanol–water partition coefficient (Wildman–Crippen LogP) is 1.78. The maximum absolute atomic E-state index is 12.5. The molecule has 10 heteroatoms. The Morgan fingerprint density at radius 2 is 2.08 bits per heavy atom. The Balaban J connectivity index is 1.65. The molecule has 0 aliphatic carbocycles. The first-order valence-electron chi connectivity index (χ1n) is 8.33. The van der Waals surface area contributed by atoms with Gasteiger partial charge in [0.25, 0.3) is 6.43 Å². The van der Waals surface area contributed by atoms with Crippen molar-refractivity contribution in [1.29, 1.82) is 0 Å². The summed E-state index contributed by atoms with van der Waals surface area (Å²) in [7, 11) is -3.72. The maximum Gasteiger partial charge on any atom is 0.272 e. The third kappa shape index (κ3) is 4.36. The standard InChI is InChI=1S/C16H20F2N4O3S/c1-2-15-19-16-8-3-11(9-22(16)20-15)21-26(23,24)13-6-4-12(5-7-13)25-10-14(17)18/h4-7,11,14,21H,2-3,8-10H2,1H3/t11-/m1/s1. The summed E-state index contributed by atoms with van der Waals surface area (Å²) in [5, 5.41) is 4.36. The number of halogens is 2. The van der Waals surface area contributed by atoms with Crippen LogP contribution in [0.4, 0.5) is 8.78 Å². The van der Waals surface area contributed by atoms with Crippen LogP contribution in [0.1, 0.15) is 25.0 Å². The van der Waals surface area contributed by atoms with Gasteiger partial charge in [0.15, 0.2) is 5.82 Å². The highest BCUT2D eigenvalue weighted by Crippen LogP contribution is 2.19. The molecule has 2 aromatic rings. The second-order valence-electron chi connectivity index (χ2n) is 6.01. The smallest absolute Gasteiger partial charge is 0.272 e. The molecule has 0 amide bonds. The van der Waals surface area contributed by atoms with Gasteiger partial charge in [-0.3, -0.25) is 0 Å². The van der Waals surface area contributed by atoms with Gasteiger partial charge in [-0.2, -0.15) is 5.10 Å². The molecule has 1 N–H and O–H groups in total. The van der Waals surface area contributed by atoms with E-state index in [1.807, 2.05) is 6.92 Å². The minimum Gasteiger partial charge on any atom is -0.488 e. The lowest BCUT2D eigenvalue weighted by Gasteiger charge is -2.23. The molecule has 3 rings (SSSR count). The third-order valence-corrected chi connectivity index (χ3v) is 5.59. The van der Waals surface area contributed by atoms with E-state index in [9.17, 15) is 17.2 Å². The molecule has 0 spiro atoms. The van der Waals surface area contributed by atoms with Crippen LogP contribution in [0.5, 0.6) is 5.75 Å². The van der Waals surface area contributed by atoms with E-state index < -0.39 is 23.1 Å². The zero-order valence-electron chi connectivity index (χ0n) is 14.2. The van der Waals surface area contributed by atoms with Crippen LogP contribution in [0.2, 0.25) is 0 Å². The molecule has 1 aliphatic heterocycles. The summed E-state index contributed by atoms with van der Waals surface area (Å²) >= 11 is 0. The molecule has 1 aromatic heterocycles. The van der Waals surface area contributed by atoms with E-state index in [4.69, 9.17) is 4.74 Å². The summed E-state index contributed by atoms with van der Waals surface area (Å²) in [6.07, 6.45) is -0.561. The molecule has 26 heavy (non-hydrogen) atoms. The van der Waals surface area contributed by atoms with Crippen LogP contribution >= 0.6 is 0 Å². The van der Waals surface area contributed by atoms with Gasteiger partial charge in [0.2, 0.25) is 10.0 Å². The number of aryl methyl sites for hydroxylation is 2. The lowest BCUT2D eigenvalue weighted by atomic mass is 10.1. The monoisotopic (exact) mass is 386 g/mol. The van der Waals surface area contributed by atoms with Crippen molar-refractivity contribution in [1.82, 2.24) is 19.5 Å². The van der Waals surface area contributed by atoms with Gasteiger partial charge in [-0.05, 0) is 30.7 Å². The fraction of sp³-hybridized carbons (Fsp3) is 0.500. The van der Waals surface area contributed by atoms with Crippen LogP contribution in [-0.2, 0) is 29.4 Å². The van der Waals surface area contributed by atoms with Gasteiger partial charge in [0.1, 0.15) is 18.2 Å². The Morgan fingerprint density at radius 3 is 2.73 bits per heavy atom. The molecule has 1 aliphatic rings. The minimum atomic E-state index is -3.72. The number of nitrogens with one attached hydrogen (secondary N) is 1. The van der Waals surface area contributed by atoms with Crippen molar-refractivity contribution in [2.24, 2.45) is 0 Å². The van der Waals surface area contributed by atoms with E-state index in [0.29, 0.717) is 19.4 Å². The van der Waals surface area contributed by atoms with Crippen molar-refractivity contribution in [2.45, 2.75) is 50.1 Å². The van der Waals surface area contributed by atoms with E-state index in [2.05, 4.69) is 14.8 Å². The van der Waals surface area contributed by atoms with Crippen LogP contribution in [0, 0.1) is 0 Å². The van der Waals surface area contributed by atoms with E-state index in [0.717, 1.165) is 18.1 Å². The second kappa shape index (κ2) is 7.67. The van der Waals surface area contributed by atoms with Gasteiger partial charge in [-0.25, -0.2) is 31.6 Å². The van der Waals surface area contributed by atoms with Crippen molar-refractivity contribution in [3.8, 4) is 5.75 Å². The van der Waals surface area contributed by atoms with Crippen molar-refractivity contribution in [3.05, 3.63) is 35.9 Å². The van der Waals surface area contributed by atoms with Crippen molar-refractivity contribution < 1.29 is 21.9 Å². The Morgan fingerprint density at radius 1 is 1.35 bits per heavy atom. The summed E-state index contributed by atoms with van der Waals surface area (Å²) in [4.78, 5) is 4.46. The highest BCUT2D eigenvalue weighted by molar-refractivity contribution is 7.89. The molecule has 0 saturated carbocycles. The van der Waals surface area contributed by atoms with Crippen molar-refractivity contribution in [3.63, 3.8) is 0 Å². The second-order valence-corrected chi connectivity index (χ2v) is 7.72.